The van der Waals surface area contributed by atoms with Gasteiger partial charge in [-0.25, -0.2) is 0 Å². The van der Waals surface area contributed by atoms with Crippen molar-refractivity contribution in [2.45, 2.75) is 20.8 Å². The summed E-state index contributed by atoms with van der Waals surface area (Å²) < 4.78 is 5.52. The predicted octanol–water partition coefficient (Wildman–Crippen LogP) is 3.06. The van der Waals surface area contributed by atoms with Crippen LogP contribution in [0.4, 0.5) is 0 Å². The summed E-state index contributed by atoms with van der Waals surface area (Å²) in [4.78, 5) is 0. The molecule has 1 rings (SSSR count). The third kappa shape index (κ3) is 2.62. The van der Waals surface area contributed by atoms with E-state index in [-0.39, 0.29) is 0 Å². The van der Waals surface area contributed by atoms with Crippen molar-refractivity contribution >= 4 is 0 Å². The Labute approximate surface area is 80.0 Å². The van der Waals surface area contributed by atoms with Gasteiger partial charge < -0.3 is 4.74 Å². The summed E-state index contributed by atoms with van der Waals surface area (Å²) in [6.45, 7) is 10.4. The molecule has 69 valence electrons. The van der Waals surface area contributed by atoms with Crippen LogP contribution in [0, 0.1) is 19.9 Å². The molecule has 13 heavy (non-hydrogen) atoms. The van der Waals surface area contributed by atoms with Gasteiger partial charge in [0, 0.05) is 6.07 Å². The topological polar surface area (TPSA) is 9.23 Å². The van der Waals surface area contributed by atoms with Gasteiger partial charge in [0.15, 0.2) is 0 Å². The lowest BCUT2D eigenvalue weighted by Gasteiger charge is -2.09. The van der Waals surface area contributed by atoms with E-state index >= 15 is 0 Å². The van der Waals surface area contributed by atoms with Gasteiger partial charge in [0.05, 0.1) is 0 Å². The van der Waals surface area contributed by atoms with Crippen molar-refractivity contribution < 1.29 is 4.74 Å². The quantitative estimate of drug-likeness (QED) is 0.641. The van der Waals surface area contributed by atoms with Crippen LogP contribution in [0.5, 0.6) is 5.75 Å². The van der Waals surface area contributed by atoms with E-state index in [0.29, 0.717) is 6.61 Å². The molecule has 1 nitrogen and oxygen atoms in total. The average molecular weight is 175 g/mol. The fourth-order valence-electron chi connectivity index (χ4n) is 1.000. The minimum atomic E-state index is 0.570. The Balaban J connectivity index is 2.77. The number of aryl methyl sites for hydroxylation is 1. The lowest BCUT2D eigenvalue weighted by Crippen LogP contribution is -1.99. The number of hydrogen-bond acceptors (Lipinski definition) is 1. The molecule has 0 aliphatic heterocycles. The summed E-state index contributed by atoms with van der Waals surface area (Å²) in [5, 5.41) is 0. The normalized spacial score (nSPS) is 9.77. The van der Waals surface area contributed by atoms with Crippen LogP contribution in [0.15, 0.2) is 24.3 Å². The monoisotopic (exact) mass is 175 g/mol. The maximum absolute atomic E-state index is 5.52. The molecule has 0 aliphatic rings. The Morgan fingerprint density at radius 2 is 2.23 bits per heavy atom. The molecular weight excluding hydrogens is 160 g/mol. The van der Waals surface area contributed by atoms with Gasteiger partial charge in [-0.3, -0.25) is 0 Å². The lowest BCUT2D eigenvalue weighted by molar-refractivity contribution is 0.349. The zero-order chi connectivity index (χ0) is 9.84. The van der Waals surface area contributed by atoms with Crippen molar-refractivity contribution in [3.63, 3.8) is 0 Å². The fraction of sp³-hybridized carbons (Fsp3) is 0.333. The zero-order valence-electron chi connectivity index (χ0n) is 8.48. The van der Waals surface area contributed by atoms with Crippen LogP contribution in [0.25, 0.3) is 0 Å². The Bertz CT molecular complexity index is 313. The number of rotatable bonds is 3. The summed E-state index contributed by atoms with van der Waals surface area (Å²) in [7, 11) is 0. The second-order valence-electron chi connectivity index (χ2n) is 3.36. The van der Waals surface area contributed by atoms with Crippen molar-refractivity contribution in [3.05, 3.63) is 41.5 Å². The first kappa shape index (κ1) is 9.85. The Morgan fingerprint density at radius 1 is 1.54 bits per heavy atom. The summed E-state index contributed by atoms with van der Waals surface area (Å²) in [6.07, 6.45) is 0. The van der Waals surface area contributed by atoms with E-state index in [4.69, 9.17) is 4.74 Å². The number of hydrogen-bond donors (Lipinski definition) is 0. The van der Waals surface area contributed by atoms with E-state index in [1.165, 1.54) is 5.56 Å². The summed E-state index contributed by atoms with van der Waals surface area (Å²) >= 11 is 0. The highest BCUT2D eigenvalue weighted by Crippen LogP contribution is 2.19. The van der Waals surface area contributed by atoms with Crippen molar-refractivity contribution in [2.24, 2.45) is 0 Å². The van der Waals surface area contributed by atoms with Crippen molar-refractivity contribution in [2.75, 3.05) is 6.61 Å². The highest BCUT2D eigenvalue weighted by molar-refractivity contribution is 5.37. The summed E-state index contributed by atoms with van der Waals surface area (Å²) in [5.74, 6) is 0.836. The molecule has 0 heterocycles. The lowest BCUT2D eigenvalue weighted by atomic mass is 10.1. The fourth-order valence-corrected chi connectivity index (χ4v) is 1.000. The van der Waals surface area contributed by atoms with Crippen LogP contribution in [-0.2, 0) is 0 Å². The van der Waals surface area contributed by atoms with Crippen molar-refractivity contribution in [1.29, 1.82) is 0 Å². The molecule has 0 atom stereocenters. The third-order valence-electron chi connectivity index (χ3n) is 1.94. The predicted molar refractivity (Wildman–Crippen MR) is 55.1 cm³/mol. The molecule has 0 unspecified atom stereocenters. The second kappa shape index (κ2) is 4.13. The van der Waals surface area contributed by atoms with Gasteiger partial charge in [-0.15, -0.1) is 0 Å². The van der Waals surface area contributed by atoms with Gasteiger partial charge >= 0.3 is 0 Å². The van der Waals surface area contributed by atoms with E-state index in [0.717, 1.165) is 16.9 Å². The van der Waals surface area contributed by atoms with Gasteiger partial charge in [0.25, 0.3) is 0 Å². The summed E-state index contributed by atoms with van der Waals surface area (Å²) in [5.41, 5.74) is 3.41. The molecular formula is C12H15O. The minimum Gasteiger partial charge on any atom is -0.488 e. The molecule has 0 amide bonds. The first-order valence-corrected chi connectivity index (χ1v) is 4.36. The third-order valence-corrected chi connectivity index (χ3v) is 1.94. The molecule has 0 saturated heterocycles. The number of ether oxygens (including phenoxy) is 1. The van der Waals surface area contributed by atoms with Crippen LogP contribution < -0.4 is 4.74 Å². The average Bonchev–Trinajstić information content (AvgIpc) is 2.07. The summed E-state index contributed by atoms with van der Waals surface area (Å²) in [6, 6.07) is 6.99. The molecule has 1 radical (unpaired) electrons. The molecule has 0 aromatic heterocycles. The maximum Gasteiger partial charge on any atom is 0.130 e. The van der Waals surface area contributed by atoms with Gasteiger partial charge in [-0.2, -0.15) is 0 Å². The smallest absolute Gasteiger partial charge is 0.130 e. The molecule has 0 bridgehead atoms. The molecule has 1 heteroatoms. The zero-order valence-corrected chi connectivity index (χ0v) is 8.48. The molecule has 0 aliphatic carbocycles. The van der Waals surface area contributed by atoms with Crippen molar-refractivity contribution in [3.8, 4) is 5.75 Å². The maximum atomic E-state index is 5.52. The van der Waals surface area contributed by atoms with E-state index in [2.05, 4.69) is 19.6 Å². The Morgan fingerprint density at radius 3 is 2.85 bits per heavy atom. The van der Waals surface area contributed by atoms with E-state index in [1.807, 2.05) is 26.0 Å². The van der Waals surface area contributed by atoms with Gasteiger partial charge in [-0.1, -0.05) is 18.7 Å². The first-order valence-electron chi connectivity index (χ1n) is 4.36. The Hall–Kier alpha value is -1.24. The largest absolute Gasteiger partial charge is 0.488 e. The SMILES string of the molecule is C=C(C)COc1[c]ccc(C)c1C. The molecule has 0 N–H and O–H groups in total. The minimum absolute atomic E-state index is 0.570. The second-order valence-corrected chi connectivity index (χ2v) is 3.36. The Kier molecular flexibility index (Phi) is 3.13. The van der Waals surface area contributed by atoms with E-state index < -0.39 is 0 Å². The van der Waals surface area contributed by atoms with Crippen molar-refractivity contribution in [1.82, 2.24) is 0 Å². The standard InChI is InChI=1S/C12H15O/c1-9(2)8-13-12-7-5-6-10(3)11(12)4/h5-6H,1,8H2,2-4H3. The molecule has 1 aromatic rings. The van der Waals surface area contributed by atoms with Crippen LogP contribution in [0.3, 0.4) is 0 Å². The van der Waals surface area contributed by atoms with Crippen LogP contribution in [0.2, 0.25) is 0 Å². The van der Waals surface area contributed by atoms with Gasteiger partial charge in [0.2, 0.25) is 0 Å². The first-order chi connectivity index (χ1) is 6.11. The highest BCUT2D eigenvalue weighted by Gasteiger charge is 2.01. The van der Waals surface area contributed by atoms with E-state index in [9.17, 15) is 0 Å². The molecule has 0 fully saturated rings. The molecule has 0 saturated carbocycles. The van der Waals surface area contributed by atoms with Crippen LogP contribution >= 0.6 is 0 Å². The highest BCUT2D eigenvalue weighted by atomic mass is 16.5. The van der Waals surface area contributed by atoms with Gasteiger partial charge in [0.1, 0.15) is 12.4 Å². The van der Waals surface area contributed by atoms with Gasteiger partial charge in [-0.05, 0) is 37.5 Å². The molecule has 0 spiro atoms. The van der Waals surface area contributed by atoms with Crippen LogP contribution in [-0.4, -0.2) is 6.61 Å². The van der Waals surface area contributed by atoms with Crippen LogP contribution in [0.1, 0.15) is 18.1 Å². The number of benzene rings is 1. The van der Waals surface area contributed by atoms with E-state index in [1.54, 1.807) is 0 Å². The molecule has 1 aromatic carbocycles.